The predicted molar refractivity (Wildman–Crippen MR) is 64.7 cm³/mol. The summed E-state index contributed by atoms with van der Waals surface area (Å²) in [6, 6.07) is 5.95. The average molecular weight is 288 g/mol. The molecule has 0 saturated heterocycles. The monoisotopic (exact) mass is 287 g/mol. The van der Waals surface area contributed by atoms with Crippen LogP contribution in [0, 0.1) is 0 Å². The highest BCUT2D eigenvalue weighted by atomic mass is 79.9. The number of carboxylic acids is 1. The molecule has 2 rings (SSSR count). The highest BCUT2D eigenvalue weighted by Crippen LogP contribution is 2.36. The summed E-state index contributed by atoms with van der Waals surface area (Å²) in [7, 11) is 0. The molecule has 0 radical (unpaired) electrons. The number of carboxylic acid groups (broad SMARTS) is 1. The quantitative estimate of drug-likeness (QED) is 0.907. The molecule has 1 aliphatic rings. The van der Waals surface area contributed by atoms with E-state index in [0.717, 1.165) is 27.4 Å². The summed E-state index contributed by atoms with van der Waals surface area (Å²) >= 11 is 5.18. The first-order valence-corrected chi connectivity index (χ1v) is 6.34. The maximum atomic E-state index is 10.7. The zero-order valence-corrected chi connectivity index (χ0v) is 10.3. The zero-order chi connectivity index (χ0) is 10.8. The summed E-state index contributed by atoms with van der Waals surface area (Å²) in [5.74, 6) is 0.160. The normalized spacial score (nSPS) is 14.9. The molecular weight excluding hydrogens is 278 g/mol. The molecule has 0 amide bonds. The minimum atomic E-state index is -0.782. The maximum Gasteiger partial charge on any atom is 0.323 e. The van der Waals surface area contributed by atoms with E-state index >= 15 is 0 Å². The number of rotatable bonds is 2. The number of hydrogen-bond acceptors (Lipinski definition) is 3. The fourth-order valence-corrected chi connectivity index (χ4v) is 3.18. The van der Waals surface area contributed by atoms with Crippen molar-refractivity contribution in [2.75, 3.05) is 23.7 Å². The average Bonchev–Trinajstić information content (AvgIpc) is 2.16. The number of carbonyl (C=O) groups is 1. The van der Waals surface area contributed by atoms with E-state index in [2.05, 4.69) is 15.9 Å². The lowest BCUT2D eigenvalue weighted by molar-refractivity contribution is -0.135. The van der Waals surface area contributed by atoms with Crippen molar-refractivity contribution in [1.29, 1.82) is 0 Å². The van der Waals surface area contributed by atoms with Gasteiger partial charge in [-0.15, -0.1) is 11.8 Å². The maximum absolute atomic E-state index is 10.7. The molecule has 1 N–H and O–H groups in total. The fraction of sp³-hybridized carbons (Fsp3) is 0.300. The second kappa shape index (κ2) is 4.45. The van der Waals surface area contributed by atoms with Gasteiger partial charge in [0.1, 0.15) is 6.54 Å². The molecular formula is C10H10BrNO2S. The molecule has 1 aliphatic heterocycles. The Hall–Kier alpha value is -0.680. The first-order valence-electron chi connectivity index (χ1n) is 4.56. The van der Waals surface area contributed by atoms with Crippen LogP contribution in [0.3, 0.4) is 0 Å². The van der Waals surface area contributed by atoms with E-state index in [1.54, 1.807) is 11.8 Å². The fourth-order valence-electron chi connectivity index (χ4n) is 1.58. The Balaban J connectivity index is 2.30. The molecule has 0 aromatic heterocycles. The third-order valence-corrected chi connectivity index (χ3v) is 3.73. The summed E-state index contributed by atoms with van der Waals surface area (Å²) in [4.78, 5) is 13.7. The molecule has 3 nitrogen and oxygen atoms in total. The molecule has 0 fully saturated rings. The number of benzene rings is 1. The molecule has 0 bridgehead atoms. The van der Waals surface area contributed by atoms with Crippen LogP contribution in [0.1, 0.15) is 0 Å². The van der Waals surface area contributed by atoms with Gasteiger partial charge in [-0.25, -0.2) is 0 Å². The van der Waals surface area contributed by atoms with Crippen LogP contribution in [-0.4, -0.2) is 29.9 Å². The SMILES string of the molecule is O=C(O)CN1CCSc2cc(Br)ccc21. The molecule has 0 spiro atoms. The zero-order valence-electron chi connectivity index (χ0n) is 7.94. The van der Waals surface area contributed by atoms with E-state index in [9.17, 15) is 4.79 Å². The largest absolute Gasteiger partial charge is 0.480 e. The van der Waals surface area contributed by atoms with E-state index in [1.807, 2.05) is 23.1 Å². The van der Waals surface area contributed by atoms with E-state index in [-0.39, 0.29) is 6.54 Å². The van der Waals surface area contributed by atoms with Crippen molar-refractivity contribution < 1.29 is 9.90 Å². The van der Waals surface area contributed by atoms with Crippen LogP contribution < -0.4 is 4.90 Å². The molecule has 5 heteroatoms. The number of hydrogen-bond donors (Lipinski definition) is 1. The van der Waals surface area contributed by atoms with Gasteiger partial charge in [0.15, 0.2) is 0 Å². The lowest BCUT2D eigenvalue weighted by atomic mass is 10.2. The number of anilines is 1. The van der Waals surface area contributed by atoms with Gasteiger partial charge in [-0.1, -0.05) is 15.9 Å². The highest BCUT2D eigenvalue weighted by molar-refractivity contribution is 9.10. The highest BCUT2D eigenvalue weighted by Gasteiger charge is 2.19. The first-order chi connectivity index (χ1) is 7.16. The van der Waals surface area contributed by atoms with Crippen molar-refractivity contribution in [3.8, 4) is 0 Å². The third kappa shape index (κ3) is 2.46. The summed E-state index contributed by atoms with van der Waals surface area (Å²) in [6.45, 7) is 0.876. The van der Waals surface area contributed by atoms with Gasteiger partial charge in [-0.3, -0.25) is 4.79 Å². The first kappa shape index (κ1) is 10.8. The summed E-state index contributed by atoms with van der Waals surface area (Å²) < 4.78 is 1.03. The summed E-state index contributed by atoms with van der Waals surface area (Å²) in [6.07, 6.45) is 0. The minimum Gasteiger partial charge on any atom is -0.480 e. The van der Waals surface area contributed by atoms with Crippen molar-refractivity contribution in [2.45, 2.75) is 4.90 Å². The van der Waals surface area contributed by atoms with Crippen LogP contribution >= 0.6 is 27.7 Å². The second-order valence-corrected chi connectivity index (χ2v) is 5.33. The lowest BCUT2D eigenvalue weighted by Gasteiger charge is -2.29. The van der Waals surface area contributed by atoms with Crippen molar-refractivity contribution in [3.05, 3.63) is 22.7 Å². The Labute approximate surface area is 101 Å². The number of fused-ring (bicyclic) bond motifs is 1. The molecule has 0 aliphatic carbocycles. The molecule has 0 atom stereocenters. The topological polar surface area (TPSA) is 40.5 Å². The number of nitrogens with zero attached hydrogens (tertiary/aromatic N) is 1. The van der Waals surface area contributed by atoms with E-state index in [4.69, 9.17) is 5.11 Å². The van der Waals surface area contributed by atoms with Gasteiger partial charge in [0, 0.05) is 21.7 Å². The van der Waals surface area contributed by atoms with Gasteiger partial charge in [-0.2, -0.15) is 0 Å². The van der Waals surface area contributed by atoms with E-state index < -0.39 is 5.97 Å². The van der Waals surface area contributed by atoms with Gasteiger partial charge in [0.25, 0.3) is 0 Å². The Bertz CT molecular complexity index is 397. The Morgan fingerprint density at radius 1 is 1.60 bits per heavy atom. The predicted octanol–water partition coefficient (Wildman–Crippen LogP) is 2.45. The van der Waals surface area contributed by atoms with Gasteiger partial charge in [-0.05, 0) is 18.2 Å². The van der Waals surface area contributed by atoms with Crippen LogP contribution in [0.2, 0.25) is 0 Å². The molecule has 80 valence electrons. The van der Waals surface area contributed by atoms with Crippen LogP contribution in [0.15, 0.2) is 27.6 Å². The molecule has 15 heavy (non-hydrogen) atoms. The molecule has 0 unspecified atom stereocenters. The van der Waals surface area contributed by atoms with Crippen molar-refractivity contribution in [3.63, 3.8) is 0 Å². The van der Waals surface area contributed by atoms with Gasteiger partial charge in [0.05, 0.1) is 5.69 Å². The van der Waals surface area contributed by atoms with Crippen molar-refractivity contribution >= 4 is 39.3 Å². The molecule has 1 heterocycles. The van der Waals surface area contributed by atoms with Crippen LogP contribution in [0.4, 0.5) is 5.69 Å². The van der Waals surface area contributed by atoms with Gasteiger partial charge >= 0.3 is 5.97 Å². The minimum absolute atomic E-state index is 0.0786. The number of halogens is 1. The third-order valence-electron chi connectivity index (χ3n) is 2.21. The van der Waals surface area contributed by atoms with Crippen LogP contribution in [0.5, 0.6) is 0 Å². The van der Waals surface area contributed by atoms with Crippen LogP contribution in [0.25, 0.3) is 0 Å². The standard InChI is InChI=1S/C10H10BrNO2S/c11-7-1-2-8-9(5-7)15-4-3-12(8)6-10(13)14/h1-2,5H,3-4,6H2,(H,13,14). The Kier molecular flexibility index (Phi) is 3.21. The van der Waals surface area contributed by atoms with Gasteiger partial charge in [0.2, 0.25) is 0 Å². The smallest absolute Gasteiger partial charge is 0.323 e. The molecule has 0 saturated carbocycles. The van der Waals surface area contributed by atoms with Crippen molar-refractivity contribution in [2.24, 2.45) is 0 Å². The number of aliphatic carboxylic acids is 1. The van der Waals surface area contributed by atoms with E-state index in [1.165, 1.54) is 0 Å². The number of thioether (sulfide) groups is 1. The summed E-state index contributed by atoms with van der Waals surface area (Å²) in [5, 5.41) is 8.79. The van der Waals surface area contributed by atoms with E-state index in [0.29, 0.717) is 0 Å². The summed E-state index contributed by atoms with van der Waals surface area (Å²) in [5.41, 5.74) is 1.02. The Morgan fingerprint density at radius 2 is 2.40 bits per heavy atom. The van der Waals surface area contributed by atoms with Crippen molar-refractivity contribution in [1.82, 2.24) is 0 Å². The molecule has 1 aromatic carbocycles. The lowest BCUT2D eigenvalue weighted by Crippen LogP contribution is -2.34. The van der Waals surface area contributed by atoms with Gasteiger partial charge < -0.3 is 10.0 Å². The molecule has 1 aromatic rings. The second-order valence-electron chi connectivity index (χ2n) is 3.28. The Morgan fingerprint density at radius 3 is 3.13 bits per heavy atom. The van der Waals surface area contributed by atoms with Crippen LogP contribution in [-0.2, 0) is 4.79 Å².